The monoisotopic (exact) mass is 406 g/mol. The second-order valence-corrected chi connectivity index (χ2v) is 8.87. The number of carbonyl (C=O) groups is 1. The summed E-state index contributed by atoms with van der Waals surface area (Å²) in [5.41, 5.74) is 6.54. The van der Waals surface area contributed by atoms with E-state index < -0.39 is 0 Å². The van der Waals surface area contributed by atoms with E-state index in [1.54, 1.807) is 12.1 Å². The second kappa shape index (κ2) is 9.03. The molecule has 1 unspecified atom stereocenters. The zero-order valence-corrected chi connectivity index (χ0v) is 19.2. The van der Waals surface area contributed by atoms with E-state index in [9.17, 15) is 4.79 Å². The van der Waals surface area contributed by atoms with E-state index >= 15 is 0 Å². The van der Waals surface area contributed by atoms with Crippen LogP contribution >= 0.6 is 0 Å². The van der Waals surface area contributed by atoms with Crippen LogP contribution in [0, 0.1) is 6.92 Å². The van der Waals surface area contributed by atoms with Gasteiger partial charge in [-0.2, -0.15) is 0 Å². The number of anilines is 1. The summed E-state index contributed by atoms with van der Waals surface area (Å²) in [5, 5.41) is 0. The zero-order chi connectivity index (χ0) is 21.9. The smallest absolute Gasteiger partial charge is 0.338 e. The number of hydrogen-bond donors (Lipinski definition) is 0. The van der Waals surface area contributed by atoms with Crippen LogP contribution in [0.1, 0.15) is 80.4 Å². The number of benzene rings is 2. The van der Waals surface area contributed by atoms with Crippen molar-refractivity contribution in [2.75, 3.05) is 18.1 Å². The Bertz CT molecular complexity index is 946. The van der Waals surface area contributed by atoms with Crippen molar-refractivity contribution in [3.63, 3.8) is 0 Å². The fourth-order valence-corrected chi connectivity index (χ4v) is 4.51. The number of esters is 1. The summed E-state index contributed by atoms with van der Waals surface area (Å²) in [4.78, 5) is 19.2. The molecule has 1 atom stereocenters. The summed E-state index contributed by atoms with van der Waals surface area (Å²) in [6.45, 7) is 14.7. The van der Waals surface area contributed by atoms with Crippen molar-refractivity contribution in [2.24, 2.45) is 4.99 Å². The van der Waals surface area contributed by atoms with Crippen LogP contribution in [0.15, 0.2) is 41.4 Å². The maximum absolute atomic E-state index is 12.0. The van der Waals surface area contributed by atoms with E-state index in [4.69, 9.17) is 4.74 Å². The molecule has 2 aromatic rings. The lowest BCUT2D eigenvalue weighted by atomic mass is 9.79. The molecule has 0 spiro atoms. The summed E-state index contributed by atoms with van der Waals surface area (Å²) in [5.74, 6) is 0.190. The lowest BCUT2D eigenvalue weighted by Gasteiger charge is -2.48. The fraction of sp³-hybridized carbons (Fsp3) is 0.462. The Morgan fingerprint density at radius 2 is 2.03 bits per heavy atom. The first-order valence-corrected chi connectivity index (χ1v) is 11.0. The third-order valence-electron chi connectivity index (χ3n) is 5.93. The van der Waals surface area contributed by atoms with Gasteiger partial charge in [-0.25, -0.2) is 4.79 Å². The highest BCUT2D eigenvalue weighted by Crippen LogP contribution is 2.44. The van der Waals surface area contributed by atoms with Crippen molar-refractivity contribution in [3.05, 3.63) is 58.7 Å². The Kier molecular flexibility index (Phi) is 6.64. The normalized spacial score (nSPS) is 17.8. The van der Waals surface area contributed by atoms with E-state index in [1.165, 1.54) is 16.8 Å². The Morgan fingerprint density at radius 1 is 1.27 bits per heavy atom. The molecule has 0 bridgehead atoms. The summed E-state index contributed by atoms with van der Waals surface area (Å²) in [7, 11) is 0. The fourth-order valence-electron chi connectivity index (χ4n) is 4.51. The molecule has 0 radical (unpaired) electrons. The molecule has 0 fully saturated rings. The van der Waals surface area contributed by atoms with Gasteiger partial charge in [-0.1, -0.05) is 19.9 Å². The van der Waals surface area contributed by atoms with E-state index in [0.29, 0.717) is 18.1 Å². The van der Waals surface area contributed by atoms with Crippen LogP contribution in [0.25, 0.3) is 0 Å². The van der Waals surface area contributed by atoms with E-state index in [-0.39, 0.29) is 11.5 Å². The quantitative estimate of drug-likeness (QED) is 0.410. The Morgan fingerprint density at radius 3 is 2.73 bits per heavy atom. The van der Waals surface area contributed by atoms with Crippen LogP contribution in [0.5, 0.6) is 0 Å². The minimum Gasteiger partial charge on any atom is -0.462 e. The van der Waals surface area contributed by atoms with E-state index in [2.05, 4.69) is 56.6 Å². The van der Waals surface area contributed by atoms with Gasteiger partial charge in [0.05, 0.1) is 17.9 Å². The standard InChI is InChI=1S/C26H34N2O2/c1-7-12-28-24-13-18(3)21(15-23(24)19(4)16-26(28,5)6)17-27-22-11-9-10-20(14-22)25(29)30-8-2/h9-11,13-15,17,19H,7-8,12,16H2,1-6H3. The van der Waals surface area contributed by atoms with Crippen LogP contribution in [0.2, 0.25) is 0 Å². The number of fused-ring (bicyclic) bond motifs is 1. The number of ether oxygens (including phenoxy) is 1. The maximum Gasteiger partial charge on any atom is 0.338 e. The molecule has 0 saturated carbocycles. The largest absolute Gasteiger partial charge is 0.462 e. The molecule has 3 rings (SSSR count). The number of hydrogen-bond acceptors (Lipinski definition) is 4. The number of rotatable bonds is 6. The SMILES string of the molecule is CCCN1c2cc(C)c(C=Nc3cccc(C(=O)OCC)c3)cc2C(C)CC1(C)C. The molecule has 2 aromatic carbocycles. The predicted molar refractivity (Wildman–Crippen MR) is 126 cm³/mol. The molecule has 1 aliphatic heterocycles. The lowest BCUT2D eigenvalue weighted by molar-refractivity contribution is 0.0526. The van der Waals surface area contributed by atoms with Gasteiger partial charge in [0.2, 0.25) is 0 Å². The van der Waals surface area contributed by atoms with Gasteiger partial charge in [-0.3, -0.25) is 4.99 Å². The molecule has 30 heavy (non-hydrogen) atoms. The Hall–Kier alpha value is -2.62. The Balaban J connectivity index is 1.93. The molecule has 0 aromatic heterocycles. The number of carbonyl (C=O) groups excluding carboxylic acids is 1. The van der Waals surface area contributed by atoms with Crippen molar-refractivity contribution in [3.8, 4) is 0 Å². The van der Waals surface area contributed by atoms with Crippen molar-refractivity contribution >= 4 is 23.6 Å². The molecule has 160 valence electrons. The van der Waals surface area contributed by atoms with Crippen molar-refractivity contribution in [1.82, 2.24) is 0 Å². The molecule has 4 nitrogen and oxygen atoms in total. The first-order valence-electron chi connectivity index (χ1n) is 11.0. The summed E-state index contributed by atoms with van der Waals surface area (Å²) in [6, 6.07) is 11.9. The van der Waals surface area contributed by atoms with Gasteiger partial charge in [0, 0.05) is 24.0 Å². The van der Waals surface area contributed by atoms with E-state index in [0.717, 1.165) is 30.6 Å². The average Bonchev–Trinajstić information content (AvgIpc) is 2.70. The highest BCUT2D eigenvalue weighted by molar-refractivity contribution is 5.91. The average molecular weight is 407 g/mol. The van der Waals surface area contributed by atoms with Gasteiger partial charge in [0.15, 0.2) is 0 Å². The molecule has 1 heterocycles. The lowest BCUT2D eigenvalue weighted by Crippen LogP contribution is -2.48. The summed E-state index contributed by atoms with van der Waals surface area (Å²) < 4.78 is 5.09. The van der Waals surface area contributed by atoms with Crippen molar-refractivity contribution in [2.45, 2.75) is 65.8 Å². The molecule has 0 aliphatic carbocycles. The zero-order valence-electron chi connectivity index (χ0n) is 19.2. The predicted octanol–water partition coefficient (Wildman–Crippen LogP) is 6.42. The van der Waals surface area contributed by atoms with Gasteiger partial charge < -0.3 is 9.64 Å². The van der Waals surface area contributed by atoms with Crippen LogP contribution < -0.4 is 4.90 Å². The molecule has 0 saturated heterocycles. The van der Waals surface area contributed by atoms with E-state index in [1.807, 2.05) is 25.3 Å². The number of nitrogens with zero attached hydrogens (tertiary/aromatic N) is 2. The highest BCUT2D eigenvalue weighted by Gasteiger charge is 2.36. The molecule has 1 aliphatic rings. The van der Waals surface area contributed by atoms with Gasteiger partial charge in [0.1, 0.15) is 0 Å². The number of aliphatic imine (C=N–C) groups is 1. The summed E-state index contributed by atoms with van der Waals surface area (Å²) in [6.07, 6.45) is 4.19. The highest BCUT2D eigenvalue weighted by atomic mass is 16.5. The molecular formula is C26H34N2O2. The van der Waals surface area contributed by atoms with Gasteiger partial charge in [-0.05, 0) is 93.5 Å². The summed E-state index contributed by atoms with van der Waals surface area (Å²) >= 11 is 0. The molecule has 0 N–H and O–H groups in total. The number of aryl methyl sites for hydroxylation is 1. The van der Waals surface area contributed by atoms with Crippen molar-refractivity contribution < 1.29 is 9.53 Å². The third kappa shape index (κ3) is 4.58. The first-order chi connectivity index (χ1) is 14.3. The van der Waals surface area contributed by atoms with Gasteiger partial charge >= 0.3 is 5.97 Å². The van der Waals surface area contributed by atoms with Crippen molar-refractivity contribution in [1.29, 1.82) is 0 Å². The first kappa shape index (κ1) is 22.1. The topological polar surface area (TPSA) is 41.9 Å². The van der Waals surface area contributed by atoms with Crippen LogP contribution in [-0.2, 0) is 4.74 Å². The van der Waals surface area contributed by atoms with Crippen LogP contribution in [0.4, 0.5) is 11.4 Å². The van der Waals surface area contributed by atoms with Crippen LogP contribution in [-0.4, -0.2) is 30.9 Å². The van der Waals surface area contributed by atoms with Gasteiger partial charge in [-0.15, -0.1) is 0 Å². The minimum atomic E-state index is -0.313. The second-order valence-electron chi connectivity index (χ2n) is 8.87. The minimum absolute atomic E-state index is 0.165. The Labute approximate surface area is 181 Å². The van der Waals surface area contributed by atoms with Crippen LogP contribution in [0.3, 0.4) is 0 Å². The molecule has 4 heteroatoms. The molecular weight excluding hydrogens is 372 g/mol. The maximum atomic E-state index is 12.0. The third-order valence-corrected chi connectivity index (χ3v) is 5.93. The van der Waals surface area contributed by atoms with Gasteiger partial charge in [0.25, 0.3) is 0 Å². The molecule has 0 amide bonds.